The molecule has 0 fully saturated rings. The average molecular weight is 193 g/mol. The highest BCUT2D eigenvalue weighted by molar-refractivity contribution is 5.55. The first-order chi connectivity index (χ1) is 6.69. The molecule has 0 amide bonds. The molecule has 0 heterocycles. The second-order valence-electron chi connectivity index (χ2n) is 3.20. The van der Waals surface area contributed by atoms with Crippen LogP contribution in [0.3, 0.4) is 0 Å². The molecule has 1 rings (SSSR count). The van der Waals surface area contributed by atoms with Gasteiger partial charge in [-0.25, -0.2) is 0 Å². The molecular formula is C13H23N. The first kappa shape index (κ1) is 13.0. The molecule has 0 atom stereocenters. The minimum absolute atomic E-state index is 0.991. The fourth-order valence-electron chi connectivity index (χ4n) is 1.54. The molecule has 1 aromatic rings. The summed E-state index contributed by atoms with van der Waals surface area (Å²) < 4.78 is 0. The number of nitrogens with two attached hydrogens (primary N) is 1. The SMILES string of the molecule is CC.CCc1cc(C)cc(CC)c1N. The highest BCUT2D eigenvalue weighted by Gasteiger charge is 2.02. The summed E-state index contributed by atoms with van der Waals surface area (Å²) in [6.07, 6.45) is 2.06. The summed E-state index contributed by atoms with van der Waals surface area (Å²) >= 11 is 0. The van der Waals surface area contributed by atoms with E-state index < -0.39 is 0 Å². The lowest BCUT2D eigenvalue weighted by molar-refractivity contribution is 1.08. The van der Waals surface area contributed by atoms with Crippen molar-refractivity contribution >= 4 is 5.69 Å². The number of hydrogen-bond acceptors (Lipinski definition) is 1. The van der Waals surface area contributed by atoms with E-state index in [9.17, 15) is 0 Å². The molecule has 1 heteroatoms. The van der Waals surface area contributed by atoms with Crippen molar-refractivity contribution in [2.45, 2.75) is 47.5 Å². The van der Waals surface area contributed by atoms with E-state index in [1.807, 2.05) is 13.8 Å². The van der Waals surface area contributed by atoms with Gasteiger partial charge >= 0.3 is 0 Å². The van der Waals surface area contributed by atoms with E-state index in [-0.39, 0.29) is 0 Å². The monoisotopic (exact) mass is 193 g/mol. The third-order valence-electron chi connectivity index (χ3n) is 2.26. The smallest absolute Gasteiger partial charge is 0.0379 e. The molecule has 0 aromatic heterocycles. The van der Waals surface area contributed by atoms with Gasteiger partial charge in [0.2, 0.25) is 0 Å². The predicted octanol–water partition coefficient (Wildman–Crippen LogP) is 3.73. The van der Waals surface area contributed by atoms with E-state index in [4.69, 9.17) is 5.73 Å². The predicted molar refractivity (Wildman–Crippen MR) is 65.7 cm³/mol. The fraction of sp³-hybridized carbons (Fsp3) is 0.538. The lowest BCUT2D eigenvalue weighted by Gasteiger charge is -2.09. The van der Waals surface area contributed by atoms with Gasteiger partial charge in [-0.3, -0.25) is 0 Å². The summed E-state index contributed by atoms with van der Waals surface area (Å²) in [5, 5.41) is 0. The molecule has 0 aliphatic heterocycles. The van der Waals surface area contributed by atoms with Gasteiger partial charge in [0.1, 0.15) is 0 Å². The van der Waals surface area contributed by atoms with Gasteiger partial charge in [-0.2, -0.15) is 0 Å². The van der Waals surface area contributed by atoms with E-state index in [0.29, 0.717) is 0 Å². The highest BCUT2D eigenvalue weighted by Crippen LogP contribution is 2.20. The van der Waals surface area contributed by atoms with Crippen molar-refractivity contribution in [3.63, 3.8) is 0 Å². The van der Waals surface area contributed by atoms with Gasteiger partial charge in [-0.15, -0.1) is 0 Å². The van der Waals surface area contributed by atoms with Crippen molar-refractivity contribution < 1.29 is 0 Å². The Morgan fingerprint density at radius 2 is 1.36 bits per heavy atom. The molecule has 0 saturated carbocycles. The maximum atomic E-state index is 5.97. The number of rotatable bonds is 2. The Bertz CT molecular complexity index is 252. The Morgan fingerprint density at radius 3 is 1.64 bits per heavy atom. The lowest BCUT2D eigenvalue weighted by atomic mass is 10.0. The molecule has 0 saturated heterocycles. The van der Waals surface area contributed by atoms with Crippen molar-refractivity contribution in [1.82, 2.24) is 0 Å². The highest BCUT2D eigenvalue weighted by atomic mass is 14.6. The van der Waals surface area contributed by atoms with Crippen LogP contribution in [0.2, 0.25) is 0 Å². The Hall–Kier alpha value is -0.980. The Balaban J connectivity index is 0.000000791. The summed E-state index contributed by atoms with van der Waals surface area (Å²) in [4.78, 5) is 0. The molecule has 1 nitrogen and oxygen atoms in total. The number of nitrogen functional groups attached to an aromatic ring is 1. The van der Waals surface area contributed by atoms with Crippen LogP contribution in [0, 0.1) is 6.92 Å². The van der Waals surface area contributed by atoms with E-state index in [0.717, 1.165) is 18.5 Å². The molecule has 80 valence electrons. The van der Waals surface area contributed by atoms with E-state index in [1.54, 1.807) is 0 Å². The summed E-state index contributed by atoms with van der Waals surface area (Å²) in [6, 6.07) is 4.35. The van der Waals surface area contributed by atoms with Crippen LogP contribution >= 0.6 is 0 Å². The van der Waals surface area contributed by atoms with Crippen LogP contribution in [0.15, 0.2) is 12.1 Å². The van der Waals surface area contributed by atoms with E-state index in [1.165, 1.54) is 16.7 Å². The van der Waals surface area contributed by atoms with Crippen LogP contribution in [-0.4, -0.2) is 0 Å². The maximum absolute atomic E-state index is 5.97. The van der Waals surface area contributed by atoms with Crippen molar-refractivity contribution in [2.75, 3.05) is 5.73 Å². The van der Waals surface area contributed by atoms with Gasteiger partial charge < -0.3 is 5.73 Å². The largest absolute Gasteiger partial charge is 0.398 e. The van der Waals surface area contributed by atoms with Gasteiger partial charge in [0.25, 0.3) is 0 Å². The standard InChI is InChI=1S/C11H17N.C2H6/c1-4-9-6-8(3)7-10(5-2)11(9)12;1-2/h6-7H,4-5,12H2,1-3H3;1-2H3. The van der Waals surface area contributed by atoms with Gasteiger partial charge in [0.05, 0.1) is 0 Å². The van der Waals surface area contributed by atoms with Crippen LogP contribution in [0.4, 0.5) is 5.69 Å². The third kappa shape index (κ3) is 3.06. The zero-order chi connectivity index (χ0) is 11.1. The number of hydrogen-bond donors (Lipinski definition) is 1. The lowest BCUT2D eigenvalue weighted by Crippen LogP contribution is -1.99. The van der Waals surface area contributed by atoms with Crippen LogP contribution in [0.5, 0.6) is 0 Å². The molecule has 0 bridgehead atoms. The second kappa shape index (κ2) is 6.47. The molecule has 14 heavy (non-hydrogen) atoms. The van der Waals surface area contributed by atoms with E-state index >= 15 is 0 Å². The van der Waals surface area contributed by atoms with Crippen LogP contribution < -0.4 is 5.73 Å². The summed E-state index contributed by atoms with van der Waals surface area (Å²) in [5.41, 5.74) is 10.9. The minimum atomic E-state index is 0.991. The molecule has 0 radical (unpaired) electrons. The Kier molecular flexibility index (Phi) is 6.02. The first-order valence-electron chi connectivity index (χ1n) is 5.56. The number of anilines is 1. The fourth-order valence-corrected chi connectivity index (χ4v) is 1.54. The molecule has 0 aliphatic rings. The molecule has 0 unspecified atom stereocenters. The van der Waals surface area contributed by atoms with Crippen LogP contribution in [0.25, 0.3) is 0 Å². The van der Waals surface area contributed by atoms with Crippen molar-refractivity contribution in [3.05, 3.63) is 28.8 Å². The number of benzene rings is 1. The quantitative estimate of drug-likeness (QED) is 0.712. The summed E-state index contributed by atoms with van der Waals surface area (Å²) in [6.45, 7) is 10.4. The van der Waals surface area contributed by atoms with Crippen molar-refractivity contribution in [3.8, 4) is 0 Å². The Labute approximate surface area is 88.3 Å². The van der Waals surface area contributed by atoms with Gasteiger partial charge in [0.15, 0.2) is 0 Å². The Morgan fingerprint density at radius 1 is 1.00 bits per heavy atom. The molecule has 1 aromatic carbocycles. The zero-order valence-electron chi connectivity index (χ0n) is 10.1. The summed E-state index contributed by atoms with van der Waals surface area (Å²) in [5.74, 6) is 0. The molecular weight excluding hydrogens is 170 g/mol. The first-order valence-corrected chi connectivity index (χ1v) is 5.56. The van der Waals surface area contributed by atoms with Crippen LogP contribution in [0.1, 0.15) is 44.4 Å². The topological polar surface area (TPSA) is 26.0 Å². The van der Waals surface area contributed by atoms with Crippen molar-refractivity contribution in [1.29, 1.82) is 0 Å². The zero-order valence-corrected chi connectivity index (χ0v) is 10.1. The minimum Gasteiger partial charge on any atom is -0.398 e. The molecule has 0 aliphatic carbocycles. The van der Waals surface area contributed by atoms with Gasteiger partial charge in [-0.1, -0.05) is 45.4 Å². The van der Waals surface area contributed by atoms with Crippen molar-refractivity contribution in [2.24, 2.45) is 0 Å². The maximum Gasteiger partial charge on any atom is 0.0379 e. The molecule has 0 spiro atoms. The second-order valence-corrected chi connectivity index (χ2v) is 3.20. The van der Waals surface area contributed by atoms with Gasteiger partial charge in [0, 0.05) is 5.69 Å². The van der Waals surface area contributed by atoms with Gasteiger partial charge in [-0.05, 0) is 30.9 Å². The normalized spacial score (nSPS) is 9.21. The molecule has 2 N–H and O–H groups in total. The number of aryl methyl sites for hydroxylation is 3. The average Bonchev–Trinajstić information content (AvgIpc) is 2.23. The summed E-state index contributed by atoms with van der Waals surface area (Å²) in [7, 11) is 0. The van der Waals surface area contributed by atoms with E-state index in [2.05, 4.69) is 32.9 Å². The third-order valence-corrected chi connectivity index (χ3v) is 2.26. The van der Waals surface area contributed by atoms with Crippen LogP contribution in [-0.2, 0) is 12.8 Å².